The van der Waals surface area contributed by atoms with Crippen LogP contribution < -0.4 is 20.1 Å². The van der Waals surface area contributed by atoms with Crippen molar-refractivity contribution in [3.05, 3.63) is 23.8 Å². The Morgan fingerprint density at radius 2 is 1.86 bits per heavy atom. The number of nitrogens with zero attached hydrogens (tertiary/aromatic N) is 1. The van der Waals surface area contributed by atoms with E-state index in [1.807, 2.05) is 18.2 Å². The van der Waals surface area contributed by atoms with Gasteiger partial charge in [0.2, 0.25) is 0 Å². The van der Waals surface area contributed by atoms with Crippen LogP contribution in [0.15, 0.2) is 18.2 Å². The van der Waals surface area contributed by atoms with Gasteiger partial charge in [0, 0.05) is 25.2 Å². The summed E-state index contributed by atoms with van der Waals surface area (Å²) >= 11 is 0. The van der Waals surface area contributed by atoms with Gasteiger partial charge in [0.15, 0.2) is 11.5 Å². The van der Waals surface area contributed by atoms with E-state index in [4.69, 9.17) is 9.47 Å². The van der Waals surface area contributed by atoms with Crippen LogP contribution in [0.25, 0.3) is 0 Å². The van der Waals surface area contributed by atoms with Gasteiger partial charge in [-0.3, -0.25) is 4.90 Å². The molecule has 0 bridgehead atoms. The predicted molar refractivity (Wildman–Crippen MR) is 111 cm³/mol. The van der Waals surface area contributed by atoms with Crippen LogP contribution >= 0.6 is 0 Å². The molecule has 1 heterocycles. The van der Waals surface area contributed by atoms with Crippen molar-refractivity contribution in [3.63, 3.8) is 0 Å². The number of urea groups is 1. The summed E-state index contributed by atoms with van der Waals surface area (Å²) in [6, 6.07) is 6.79. The number of hydrogen-bond donors (Lipinski definition) is 2. The van der Waals surface area contributed by atoms with Crippen molar-refractivity contribution in [2.45, 2.75) is 63.5 Å². The van der Waals surface area contributed by atoms with Gasteiger partial charge in [0.25, 0.3) is 0 Å². The third kappa shape index (κ3) is 5.77. The molecule has 6 nitrogen and oxygen atoms in total. The monoisotopic (exact) mass is 389 g/mol. The third-order valence-electron chi connectivity index (χ3n) is 6.03. The van der Waals surface area contributed by atoms with Crippen LogP contribution in [0.2, 0.25) is 0 Å². The first-order valence-corrected chi connectivity index (χ1v) is 10.7. The smallest absolute Gasteiger partial charge is 0.315 e. The summed E-state index contributed by atoms with van der Waals surface area (Å²) in [5.74, 6) is 1.44. The minimum absolute atomic E-state index is 0.0593. The number of carbonyl (C=O) groups excluding carboxylic acids is 1. The molecule has 2 fully saturated rings. The van der Waals surface area contributed by atoms with Crippen molar-refractivity contribution in [2.24, 2.45) is 0 Å². The fourth-order valence-corrected chi connectivity index (χ4v) is 4.50. The first kappa shape index (κ1) is 20.8. The highest BCUT2D eigenvalue weighted by Gasteiger charge is 2.27. The number of likely N-dealkylation sites (tertiary alicyclic amines) is 1. The van der Waals surface area contributed by atoms with Crippen molar-refractivity contribution >= 4 is 6.03 Å². The fraction of sp³-hybridized carbons (Fsp3) is 0.682. The van der Waals surface area contributed by atoms with Crippen molar-refractivity contribution in [2.75, 3.05) is 33.9 Å². The van der Waals surface area contributed by atoms with E-state index in [1.165, 1.54) is 45.1 Å². The molecule has 2 amide bonds. The number of piperidine rings is 1. The molecule has 3 rings (SSSR count). The van der Waals surface area contributed by atoms with Crippen molar-refractivity contribution < 1.29 is 14.3 Å². The largest absolute Gasteiger partial charge is 0.493 e. The Kier molecular flexibility index (Phi) is 7.83. The summed E-state index contributed by atoms with van der Waals surface area (Å²) in [7, 11) is 3.26. The molecule has 1 aromatic rings. The molecule has 1 saturated heterocycles. The molecule has 0 aromatic heterocycles. The maximum Gasteiger partial charge on any atom is 0.315 e. The lowest BCUT2D eigenvalue weighted by atomic mass is 9.92. The van der Waals surface area contributed by atoms with E-state index in [2.05, 4.69) is 15.5 Å². The standard InChI is InChI=1S/C22H35N3O3/c1-27-20-11-10-17(15-21(20)28-2)12-13-23-22(26)24-18-7-6-14-25(16-18)19-8-4-3-5-9-19/h10-11,15,18-19H,3-9,12-14,16H2,1-2H3,(H2,23,24,26). The Labute approximate surface area is 169 Å². The van der Waals surface area contributed by atoms with E-state index in [9.17, 15) is 4.79 Å². The summed E-state index contributed by atoms with van der Waals surface area (Å²) in [6.07, 6.45) is 9.75. The number of amides is 2. The van der Waals surface area contributed by atoms with Crippen molar-refractivity contribution in [1.29, 1.82) is 0 Å². The third-order valence-corrected chi connectivity index (χ3v) is 6.03. The first-order valence-electron chi connectivity index (χ1n) is 10.7. The molecule has 2 aliphatic rings. The molecule has 1 aliphatic carbocycles. The van der Waals surface area contributed by atoms with Crippen LogP contribution in [0.5, 0.6) is 11.5 Å². The van der Waals surface area contributed by atoms with Gasteiger partial charge in [-0.2, -0.15) is 0 Å². The minimum Gasteiger partial charge on any atom is -0.493 e. The summed E-state index contributed by atoms with van der Waals surface area (Å²) in [4.78, 5) is 14.9. The average molecular weight is 390 g/mol. The molecule has 156 valence electrons. The second kappa shape index (κ2) is 10.6. The van der Waals surface area contributed by atoms with Gasteiger partial charge in [-0.15, -0.1) is 0 Å². The molecular weight excluding hydrogens is 354 g/mol. The number of carbonyl (C=O) groups is 1. The highest BCUT2D eigenvalue weighted by Crippen LogP contribution is 2.27. The molecule has 2 N–H and O–H groups in total. The zero-order chi connectivity index (χ0) is 19.8. The van der Waals surface area contributed by atoms with E-state index >= 15 is 0 Å². The number of rotatable bonds is 7. The second-order valence-corrected chi connectivity index (χ2v) is 7.97. The summed E-state index contributed by atoms with van der Waals surface area (Å²) in [5, 5.41) is 6.18. The fourth-order valence-electron chi connectivity index (χ4n) is 4.50. The lowest BCUT2D eigenvalue weighted by molar-refractivity contribution is 0.112. The molecule has 1 unspecified atom stereocenters. The lowest BCUT2D eigenvalue weighted by Gasteiger charge is -2.40. The van der Waals surface area contributed by atoms with E-state index in [1.54, 1.807) is 14.2 Å². The summed E-state index contributed by atoms with van der Waals surface area (Å²) in [5.41, 5.74) is 1.11. The van der Waals surface area contributed by atoms with E-state index < -0.39 is 0 Å². The van der Waals surface area contributed by atoms with Crippen LogP contribution in [-0.2, 0) is 6.42 Å². The number of hydrogen-bond acceptors (Lipinski definition) is 4. The molecule has 1 aromatic carbocycles. The highest BCUT2D eigenvalue weighted by atomic mass is 16.5. The van der Waals surface area contributed by atoms with Crippen LogP contribution in [0.4, 0.5) is 4.79 Å². The Bertz CT molecular complexity index is 631. The number of benzene rings is 1. The Hall–Kier alpha value is -1.95. The summed E-state index contributed by atoms with van der Waals surface area (Å²) in [6.45, 7) is 2.78. The van der Waals surface area contributed by atoms with Crippen LogP contribution in [0.3, 0.4) is 0 Å². The van der Waals surface area contributed by atoms with Gasteiger partial charge in [0.1, 0.15) is 0 Å². The Morgan fingerprint density at radius 1 is 1.07 bits per heavy atom. The zero-order valence-corrected chi connectivity index (χ0v) is 17.3. The number of ether oxygens (including phenoxy) is 2. The van der Waals surface area contributed by atoms with Crippen LogP contribution in [-0.4, -0.2) is 56.9 Å². The van der Waals surface area contributed by atoms with E-state index in [0.717, 1.165) is 42.5 Å². The molecule has 1 saturated carbocycles. The molecule has 6 heteroatoms. The first-order chi connectivity index (χ1) is 13.7. The van der Waals surface area contributed by atoms with Gasteiger partial charge in [-0.05, 0) is 56.3 Å². The van der Waals surface area contributed by atoms with E-state index in [0.29, 0.717) is 6.54 Å². The molecule has 28 heavy (non-hydrogen) atoms. The SMILES string of the molecule is COc1ccc(CCNC(=O)NC2CCCN(C3CCCCC3)C2)cc1OC. The van der Waals surface area contributed by atoms with Crippen LogP contribution in [0, 0.1) is 0 Å². The maximum absolute atomic E-state index is 12.3. The van der Waals surface area contributed by atoms with Gasteiger partial charge in [0.05, 0.1) is 14.2 Å². The van der Waals surface area contributed by atoms with Crippen molar-refractivity contribution in [3.8, 4) is 11.5 Å². The average Bonchev–Trinajstić information content (AvgIpc) is 2.74. The lowest BCUT2D eigenvalue weighted by Crippen LogP contribution is -2.53. The van der Waals surface area contributed by atoms with Gasteiger partial charge in [-0.25, -0.2) is 4.79 Å². The number of methoxy groups -OCH3 is 2. The predicted octanol–water partition coefficient (Wildman–Crippen LogP) is 3.34. The van der Waals surface area contributed by atoms with Gasteiger partial charge in [-0.1, -0.05) is 25.3 Å². The minimum atomic E-state index is -0.0593. The normalized spacial score (nSPS) is 21.1. The molecule has 1 aliphatic heterocycles. The zero-order valence-electron chi connectivity index (χ0n) is 17.3. The Morgan fingerprint density at radius 3 is 2.61 bits per heavy atom. The Balaban J connectivity index is 1.40. The molecule has 0 spiro atoms. The van der Waals surface area contributed by atoms with Crippen molar-refractivity contribution in [1.82, 2.24) is 15.5 Å². The summed E-state index contributed by atoms with van der Waals surface area (Å²) < 4.78 is 10.6. The second-order valence-electron chi connectivity index (χ2n) is 7.97. The number of nitrogens with one attached hydrogen (secondary N) is 2. The molecule has 1 atom stereocenters. The van der Waals surface area contributed by atoms with Gasteiger partial charge >= 0.3 is 6.03 Å². The quantitative estimate of drug-likeness (QED) is 0.751. The van der Waals surface area contributed by atoms with Crippen LogP contribution in [0.1, 0.15) is 50.5 Å². The van der Waals surface area contributed by atoms with E-state index in [-0.39, 0.29) is 12.1 Å². The highest BCUT2D eigenvalue weighted by molar-refractivity contribution is 5.74. The van der Waals surface area contributed by atoms with Gasteiger partial charge < -0.3 is 20.1 Å². The molecular formula is C22H35N3O3. The maximum atomic E-state index is 12.3. The molecule has 0 radical (unpaired) electrons. The topological polar surface area (TPSA) is 62.8 Å².